The fraction of sp³-hybridized carbons (Fsp3) is 0.211. The van der Waals surface area contributed by atoms with E-state index in [0.717, 1.165) is 24.4 Å². The summed E-state index contributed by atoms with van der Waals surface area (Å²) in [6.45, 7) is 2.56. The molecular formula is C19H20N4OS. The molecule has 6 heteroatoms. The Morgan fingerprint density at radius 2 is 1.92 bits per heavy atom. The predicted molar refractivity (Wildman–Crippen MR) is 101 cm³/mol. The van der Waals surface area contributed by atoms with E-state index in [9.17, 15) is 4.79 Å². The largest absolute Gasteiger partial charge is 0.351 e. The van der Waals surface area contributed by atoms with Crippen molar-refractivity contribution < 1.29 is 4.79 Å². The van der Waals surface area contributed by atoms with Gasteiger partial charge in [0.15, 0.2) is 5.13 Å². The average molecular weight is 352 g/mol. The number of hydrogen-bond acceptors (Lipinski definition) is 5. The monoisotopic (exact) mass is 352 g/mol. The lowest BCUT2D eigenvalue weighted by Crippen LogP contribution is -2.25. The second kappa shape index (κ2) is 8.39. The van der Waals surface area contributed by atoms with Crippen molar-refractivity contribution >= 4 is 28.2 Å². The second-order valence-corrected chi connectivity index (χ2v) is 6.53. The van der Waals surface area contributed by atoms with Crippen LogP contribution in [0.2, 0.25) is 0 Å². The Hall–Kier alpha value is -2.73. The Kier molecular flexibility index (Phi) is 5.74. The molecule has 0 atom stereocenters. The van der Waals surface area contributed by atoms with Crippen LogP contribution >= 0.6 is 11.3 Å². The van der Waals surface area contributed by atoms with Crippen LogP contribution in [0.15, 0.2) is 53.9 Å². The van der Waals surface area contributed by atoms with E-state index in [1.165, 1.54) is 16.9 Å². The van der Waals surface area contributed by atoms with Gasteiger partial charge in [-0.25, -0.2) is 9.97 Å². The van der Waals surface area contributed by atoms with E-state index >= 15 is 0 Å². The lowest BCUT2D eigenvalue weighted by atomic mass is 10.1. The molecule has 0 spiro atoms. The first-order chi connectivity index (χ1) is 12.2. The molecule has 0 saturated heterocycles. The third-order valence-corrected chi connectivity index (χ3v) is 4.39. The Labute approximate surface area is 151 Å². The van der Waals surface area contributed by atoms with Crippen LogP contribution in [0.5, 0.6) is 0 Å². The zero-order valence-corrected chi connectivity index (χ0v) is 14.8. The molecule has 5 nitrogen and oxygen atoms in total. The van der Waals surface area contributed by atoms with Gasteiger partial charge in [0.25, 0.3) is 5.91 Å². The molecule has 0 radical (unpaired) electrons. The number of amides is 1. The molecule has 2 aromatic heterocycles. The van der Waals surface area contributed by atoms with Gasteiger partial charge in [-0.3, -0.25) is 4.79 Å². The molecule has 1 amide bonds. The fourth-order valence-electron chi connectivity index (χ4n) is 2.39. The van der Waals surface area contributed by atoms with Gasteiger partial charge in [0.05, 0.1) is 0 Å². The number of anilines is 2. The quantitative estimate of drug-likeness (QED) is 0.632. The summed E-state index contributed by atoms with van der Waals surface area (Å²) < 4.78 is 0. The van der Waals surface area contributed by atoms with Gasteiger partial charge in [-0.1, -0.05) is 36.4 Å². The van der Waals surface area contributed by atoms with Crippen LogP contribution in [0.25, 0.3) is 0 Å². The first kappa shape index (κ1) is 17.1. The minimum Gasteiger partial charge on any atom is -0.351 e. The minimum atomic E-state index is -0.144. The summed E-state index contributed by atoms with van der Waals surface area (Å²) in [6, 6.07) is 16.0. The molecule has 0 saturated carbocycles. The molecule has 1 aromatic carbocycles. The van der Waals surface area contributed by atoms with Gasteiger partial charge in [0.1, 0.15) is 11.5 Å². The first-order valence-corrected chi connectivity index (χ1v) is 9.07. The van der Waals surface area contributed by atoms with Gasteiger partial charge < -0.3 is 10.6 Å². The summed E-state index contributed by atoms with van der Waals surface area (Å²) in [6.07, 6.45) is 1.85. The predicted octanol–water partition coefficient (Wildman–Crippen LogP) is 3.95. The maximum absolute atomic E-state index is 12.2. The van der Waals surface area contributed by atoms with Gasteiger partial charge >= 0.3 is 0 Å². The van der Waals surface area contributed by atoms with Gasteiger partial charge in [0.2, 0.25) is 0 Å². The molecule has 3 rings (SSSR count). The van der Waals surface area contributed by atoms with Crippen molar-refractivity contribution in [1.29, 1.82) is 0 Å². The first-order valence-electron chi connectivity index (χ1n) is 8.19. The van der Waals surface area contributed by atoms with Crippen LogP contribution in [0.1, 0.15) is 28.2 Å². The maximum atomic E-state index is 12.2. The van der Waals surface area contributed by atoms with Crippen LogP contribution in [-0.4, -0.2) is 22.4 Å². The zero-order chi connectivity index (χ0) is 17.5. The Balaban J connectivity index is 1.47. The number of benzene rings is 1. The molecule has 25 heavy (non-hydrogen) atoms. The highest BCUT2D eigenvalue weighted by Crippen LogP contribution is 2.19. The smallest absolute Gasteiger partial charge is 0.270 e. The van der Waals surface area contributed by atoms with E-state index < -0.39 is 0 Å². The zero-order valence-electron chi connectivity index (χ0n) is 14.0. The number of carbonyl (C=O) groups is 1. The summed E-state index contributed by atoms with van der Waals surface area (Å²) in [4.78, 5) is 20.9. The van der Waals surface area contributed by atoms with Crippen LogP contribution in [-0.2, 0) is 6.42 Å². The van der Waals surface area contributed by atoms with Gasteiger partial charge in [-0.2, -0.15) is 0 Å². The number of hydrogen-bond donors (Lipinski definition) is 2. The highest BCUT2D eigenvalue weighted by molar-refractivity contribution is 7.14. The van der Waals surface area contributed by atoms with E-state index in [0.29, 0.717) is 17.4 Å². The van der Waals surface area contributed by atoms with Crippen LogP contribution in [0.4, 0.5) is 10.9 Å². The number of rotatable bonds is 7. The second-order valence-electron chi connectivity index (χ2n) is 5.67. The lowest BCUT2D eigenvalue weighted by Gasteiger charge is -2.04. The topological polar surface area (TPSA) is 66.9 Å². The Morgan fingerprint density at radius 3 is 2.72 bits per heavy atom. The van der Waals surface area contributed by atoms with E-state index in [-0.39, 0.29) is 5.91 Å². The molecule has 0 aliphatic heterocycles. The number of nitrogens with zero attached hydrogens (tertiary/aromatic N) is 2. The number of aromatic nitrogens is 2. The van der Waals surface area contributed by atoms with Crippen LogP contribution < -0.4 is 10.6 Å². The SMILES string of the molecule is Cc1cccc(Nc2nc(C(=O)NCCCc3ccccc3)cs2)n1. The summed E-state index contributed by atoms with van der Waals surface area (Å²) in [5.41, 5.74) is 2.64. The maximum Gasteiger partial charge on any atom is 0.270 e. The van der Waals surface area contributed by atoms with Crippen molar-refractivity contribution in [2.75, 3.05) is 11.9 Å². The molecule has 0 fully saturated rings. The average Bonchev–Trinajstić information content (AvgIpc) is 3.08. The standard InChI is InChI=1S/C19H20N4OS/c1-14-7-5-11-17(21-14)23-19-22-16(13-25-19)18(24)20-12-6-10-15-8-3-2-4-9-15/h2-5,7-9,11,13H,6,10,12H2,1H3,(H,20,24)(H,21,22,23). The summed E-state index contributed by atoms with van der Waals surface area (Å²) >= 11 is 1.39. The van der Waals surface area contributed by atoms with E-state index in [2.05, 4.69) is 32.7 Å². The van der Waals surface area contributed by atoms with E-state index in [1.807, 2.05) is 43.3 Å². The molecule has 0 unspecified atom stereocenters. The number of nitrogens with one attached hydrogen (secondary N) is 2. The van der Waals surface area contributed by atoms with Crippen molar-refractivity contribution in [2.45, 2.75) is 19.8 Å². The van der Waals surface area contributed by atoms with Crippen LogP contribution in [0.3, 0.4) is 0 Å². The fourth-order valence-corrected chi connectivity index (χ4v) is 3.08. The molecule has 128 valence electrons. The number of carbonyl (C=O) groups excluding carboxylic acids is 1. The summed E-state index contributed by atoms with van der Waals surface area (Å²) in [7, 11) is 0. The van der Waals surface area contributed by atoms with Crippen molar-refractivity contribution in [3.63, 3.8) is 0 Å². The minimum absolute atomic E-state index is 0.144. The van der Waals surface area contributed by atoms with E-state index in [1.54, 1.807) is 5.38 Å². The summed E-state index contributed by atoms with van der Waals surface area (Å²) in [5, 5.41) is 8.46. The van der Waals surface area contributed by atoms with Crippen molar-refractivity contribution in [2.24, 2.45) is 0 Å². The Morgan fingerprint density at radius 1 is 1.08 bits per heavy atom. The Bertz CT molecular complexity index is 832. The van der Waals surface area contributed by atoms with Gasteiger partial charge in [-0.05, 0) is 37.5 Å². The molecule has 0 aliphatic carbocycles. The van der Waals surface area contributed by atoms with Crippen molar-refractivity contribution in [3.05, 3.63) is 70.9 Å². The normalized spacial score (nSPS) is 10.4. The number of aryl methyl sites for hydroxylation is 2. The molecule has 0 bridgehead atoms. The summed E-state index contributed by atoms with van der Waals surface area (Å²) in [5.74, 6) is 0.582. The van der Waals surface area contributed by atoms with Crippen LogP contribution in [0, 0.1) is 6.92 Å². The van der Waals surface area contributed by atoms with Crippen molar-refractivity contribution in [3.8, 4) is 0 Å². The number of thiazole rings is 1. The molecule has 0 aliphatic rings. The highest BCUT2D eigenvalue weighted by Gasteiger charge is 2.10. The van der Waals surface area contributed by atoms with E-state index in [4.69, 9.17) is 0 Å². The molecule has 2 heterocycles. The molecular weight excluding hydrogens is 332 g/mol. The number of pyridine rings is 1. The molecule has 3 aromatic rings. The third kappa shape index (κ3) is 5.12. The highest BCUT2D eigenvalue weighted by atomic mass is 32.1. The lowest BCUT2D eigenvalue weighted by molar-refractivity contribution is 0.0949. The molecule has 2 N–H and O–H groups in total. The van der Waals surface area contributed by atoms with Gasteiger partial charge in [0, 0.05) is 17.6 Å². The van der Waals surface area contributed by atoms with Crippen molar-refractivity contribution in [1.82, 2.24) is 15.3 Å². The van der Waals surface area contributed by atoms with Gasteiger partial charge in [-0.15, -0.1) is 11.3 Å². The third-order valence-electron chi connectivity index (χ3n) is 3.63.